The lowest BCUT2D eigenvalue weighted by Crippen LogP contribution is -2.18. The number of anilines is 1. The zero-order valence-corrected chi connectivity index (χ0v) is 13.6. The lowest BCUT2D eigenvalue weighted by Gasteiger charge is -2.15. The van der Waals surface area contributed by atoms with Gasteiger partial charge in [-0.15, -0.1) is 0 Å². The molecule has 0 heterocycles. The number of alkyl halides is 3. The first-order chi connectivity index (χ1) is 11.3. The van der Waals surface area contributed by atoms with E-state index < -0.39 is 23.8 Å². The number of carbonyl (C=O) groups excluding carboxylic acids is 1. The summed E-state index contributed by atoms with van der Waals surface area (Å²) in [6.45, 7) is 1.43. The van der Waals surface area contributed by atoms with E-state index in [0.29, 0.717) is 4.90 Å². The first-order valence-electron chi connectivity index (χ1n) is 7.18. The minimum Gasteiger partial charge on any atom is -0.393 e. The number of carbonyl (C=O) groups is 1. The molecule has 128 valence electrons. The molecule has 1 unspecified atom stereocenters. The van der Waals surface area contributed by atoms with Gasteiger partial charge in [0.25, 0.3) is 0 Å². The standard InChI is InChI=1S/C17H16F3NO2S/c1-11(22)9-16(23)21-12-7-8-15(14(10-12)17(18,19)20)24-13-5-3-2-4-6-13/h2-8,10-11,22H,9H2,1H3,(H,21,23). The molecule has 0 aliphatic heterocycles. The van der Waals surface area contributed by atoms with Crippen molar-refractivity contribution in [1.82, 2.24) is 0 Å². The van der Waals surface area contributed by atoms with Gasteiger partial charge < -0.3 is 10.4 Å². The Hall–Kier alpha value is -1.99. The van der Waals surface area contributed by atoms with E-state index in [0.717, 1.165) is 17.8 Å². The second kappa shape index (κ2) is 7.72. The average Bonchev–Trinajstić information content (AvgIpc) is 2.48. The molecule has 0 aliphatic carbocycles. The summed E-state index contributed by atoms with van der Waals surface area (Å²) in [5.74, 6) is -0.540. The van der Waals surface area contributed by atoms with E-state index in [2.05, 4.69) is 5.32 Å². The minimum atomic E-state index is -4.54. The molecule has 1 atom stereocenters. The number of nitrogens with one attached hydrogen (secondary N) is 1. The minimum absolute atomic E-state index is 0.0467. The molecule has 0 aliphatic rings. The molecule has 0 aromatic heterocycles. The molecule has 2 N–H and O–H groups in total. The molecule has 0 radical (unpaired) electrons. The van der Waals surface area contributed by atoms with Crippen LogP contribution in [0.15, 0.2) is 58.3 Å². The topological polar surface area (TPSA) is 49.3 Å². The summed E-state index contributed by atoms with van der Waals surface area (Å²) in [6.07, 6.45) is -5.58. The van der Waals surface area contributed by atoms with Gasteiger partial charge >= 0.3 is 6.18 Å². The van der Waals surface area contributed by atoms with E-state index in [9.17, 15) is 18.0 Å². The smallest absolute Gasteiger partial charge is 0.393 e. The molecular weight excluding hydrogens is 339 g/mol. The average molecular weight is 355 g/mol. The van der Waals surface area contributed by atoms with E-state index in [1.54, 1.807) is 30.3 Å². The van der Waals surface area contributed by atoms with Crippen LogP contribution in [0.2, 0.25) is 0 Å². The van der Waals surface area contributed by atoms with Crippen LogP contribution in [-0.4, -0.2) is 17.1 Å². The van der Waals surface area contributed by atoms with Gasteiger partial charge in [-0.1, -0.05) is 30.0 Å². The molecule has 0 bridgehead atoms. The van der Waals surface area contributed by atoms with Gasteiger partial charge in [0.1, 0.15) is 0 Å². The Morgan fingerprint density at radius 2 is 1.88 bits per heavy atom. The van der Waals surface area contributed by atoms with Crippen molar-refractivity contribution in [3.8, 4) is 0 Å². The molecule has 2 aromatic rings. The molecule has 0 saturated heterocycles. The van der Waals surface area contributed by atoms with Crippen molar-refractivity contribution in [3.63, 3.8) is 0 Å². The fraction of sp³-hybridized carbons (Fsp3) is 0.235. The maximum Gasteiger partial charge on any atom is 0.417 e. The molecule has 24 heavy (non-hydrogen) atoms. The predicted molar refractivity (Wildman–Crippen MR) is 86.9 cm³/mol. The van der Waals surface area contributed by atoms with Gasteiger partial charge in [0.15, 0.2) is 0 Å². The molecule has 1 amide bonds. The number of aliphatic hydroxyl groups excluding tert-OH is 1. The molecule has 0 spiro atoms. The fourth-order valence-electron chi connectivity index (χ4n) is 2.01. The molecule has 2 rings (SSSR count). The molecule has 3 nitrogen and oxygen atoms in total. The maximum absolute atomic E-state index is 13.3. The zero-order valence-electron chi connectivity index (χ0n) is 12.8. The SMILES string of the molecule is CC(O)CC(=O)Nc1ccc(Sc2ccccc2)c(C(F)(F)F)c1. The summed E-state index contributed by atoms with van der Waals surface area (Å²) in [7, 11) is 0. The molecule has 7 heteroatoms. The van der Waals surface area contributed by atoms with E-state index in [4.69, 9.17) is 5.11 Å². The summed E-state index contributed by atoms with van der Waals surface area (Å²) in [4.78, 5) is 12.3. The predicted octanol–water partition coefficient (Wildman–Crippen LogP) is 4.57. The summed E-state index contributed by atoms with van der Waals surface area (Å²) in [5, 5.41) is 11.5. The van der Waals surface area contributed by atoms with Gasteiger partial charge in [-0.05, 0) is 37.3 Å². The Morgan fingerprint density at radius 1 is 1.21 bits per heavy atom. The van der Waals surface area contributed by atoms with Gasteiger partial charge in [-0.25, -0.2) is 0 Å². The Balaban J connectivity index is 2.27. The zero-order chi connectivity index (χ0) is 17.7. The van der Waals surface area contributed by atoms with Crippen LogP contribution in [0.1, 0.15) is 18.9 Å². The number of hydrogen-bond acceptors (Lipinski definition) is 3. The third-order valence-corrected chi connectivity index (χ3v) is 4.10. The molecular formula is C17H16F3NO2S. The summed E-state index contributed by atoms with van der Waals surface area (Å²) >= 11 is 1.01. The third kappa shape index (κ3) is 5.28. The van der Waals surface area contributed by atoms with E-state index in [1.165, 1.54) is 19.1 Å². The Bertz CT molecular complexity index is 703. The first-order valence-corrected chi connectivity index (χ1v) is 7.99. The summed E-state index contributed by atoms with van der Waals surface area (Å²) in [6, 6.07) is 12.4. The van der Waals surface area contributed by atoms with Crippen LogP contribution in [0, 0.1) is 0 Å². The van der Waals surface area contributed by atoms with Crippen LogP contribution in [-0.2, 0) is 11.0 Å². The van der Waals surface area contributed by atoms with Crippen LogP contribution in [0.4, 0.5) is 18.9 Å². The number of halogens is 3. The van der Waals surface area contributed by atoms with Crippen molar-refractivity contribution in [2.45, 2.75) is 35.4 Å². The van der Waals surface area contributed by atoms with Crippen molar-refractivity contribution >= 4 is 23.4 Å². The van der Waals surface area contributed by atoms with Crippen LogP contribution in [0.25, 0.3) is 0 Å². The van der Waals surface area contributed by atoms with Crippen molar-refractivity contribution in [1.29, 1.82) is 0 Å². The maximum atomic E-state index is 13.3. The highest BCUT2D eigenvalue weighted by Gasteiger charge is 2.34. The molecule has 2 aromatic carbocycles. The number of aliphatic hydroxyl groups is 1. The Labute approximate surface area is 141 Å². The van der Waals surface area contributed by atoms with Crippen molar-refractivity contribution < 1.29 is 23.1 Å². The second-order valence-corrected chi connectivity index (χ2v) is 6.34. The lowest BCUT2D eigenvalue weighted by atomic mass is 10.2. The molecule has 0 saturated carbocycles. The normalized spacial score (nSPS) is 12.7. The largest absolute Gasteiger partial charge is 0.417 e. The van der Waals surface area contributed by atoms with Crippen molar-refractivity contribution in [2.75, 3.05) is 5.32 Å². The van der Waals surface area contributed by atoms with Gasteiger partial charge in [-0.3, -0.25) is 4.79 Å². The number of amides is 1. The van der Waals surface area contributed by atoms with Crippen LogP contribution in [0.5, 0.6) is 0 Å². The fourth-order valence-corrected chi connectivity index (χ4v) is 2.98. The first kappa shape index (κ1) is 18.4. The number of benzene rings is 2. The Morgan fingerprint density at radius 3 is 2.46 bits per heavy atom. The summed E-state index contributed by atoms with van der Waals surface area (Å²) < 4.78 is 39.9. The van der Waals surface area contributed by atoms with E-state index in [-0.39, 0.29) is 17.0 Å². The Kier molecular flexibility index (Phi) is 5.90. The highest BCUT2D eigenvalue weighted by atomic mass is 32.2. The van der Waals surface area contributed by atoms with Crippen LogP contribution < -0.4 is 5.32 Å². The highest BCUT2D eigenvalue weighted by Crippen LogP contribution is 2.40. The third-order valence-electron chi connectivity index (χ3n) is 3.02. The van der Waals surface area contributed by atoms with Gasteiger partial charge in [0, 0.05) is 15.5 Å². The second-order valence-electron chi connectivity index (χ2n) is 5.23. The van der Waals surface area contributed by atoms with Crippen LogP contribution in [0.3, 0.4) is 0 Å². The van der Waals surface area contributed by atoms with Gasteiger partial charge in [0.05, 0.1) is 18.1 Å². The number of rotatable bonds is 5. The highest BCUT2D eigenvalue weighted by molar-refractivity contribution is 7.99. The quantitative estimate of drug-likeness (QED) is 0.826. The van der Waals surface area contributed by atoms with Gasteiger partial charge in [-0.2, -0.15) is 13.2 Å². The van der Waals surface area contributed by atoms with Crippen LogP contribution >= 0.6 is 11.8 Å². The van der Waals surface area contributed by atoms with E-state index >= 15 is 0 Å². The van der Waals surface area contributed by atoms with Gasteiger partial charge in [0.2, 0.25) is 5.91 Å². The summed E-state index contributed by atoms with van der Waals surface area (Å²) in [5.41, 5.74) is -0.767. The molecule has 0 fully saturated rings. The van der Waals surface area contributed by atoms with E-state index in [1.807, 2.05) is 0 Å². The number of hydrogen-bond donors (Lipinski definition) is 2. The van der Waals surface area contributed by atoms with Crippen molar-refractivity contribution in [2.24, 2.45) is 0 Å². The monoisotopic (exact) mass is 355 g/mol. The van der Waals surface area contributed by atoms with Crippen molar-refractivity contribution in [3.05, 3.63) is 54.1 Å². The lowest BCUT2D eigenvalue weighted by molar-refractivity contribution is -0.139.